The zero-order chi connectivity index (χ0) is 13.5. The maximum Gasteiger partial charge on any atom is 0.316 e. The standard InChI is InChI=1S/C13H17NO3S/c1-9-3-5-11(6-4-9)7-14-12(15)8-18-10(2)13(16)17/h3-6,10H,7-8H2,1-2H3,(H,14,15)(H,16,17). The minimum Gasteiger partial charge on any atom is -0.480 e. The summed E-state index contributed by atoms with van der Waals surface area (Å²) in [5.41, 5.74) is 2.21. The summed E-state index contributed by atoms with van der Waals surface area (Å²) in [5.74, 6) is -0.876. The van der Waals surface area contributed by atoms with Crippen molar-refractivity contribution in [3.05, 3.63) is 35.4 Å². The fraction of sp³-hybridized carbons (Fsp3) is 0.385. The van der Waals surface area contributed by atoms with Gasteiger partial charge in [-0.25, -0.2) is 0 Å². The summed E-state index contributed by atoms with van der Waals surface area (Å²) < 4.78 is 0. The third-order valence-electron chi connectivity index (χ3n) is 2.42. The van der Waals surface area contributed by atoms with Crippen molar-refractivity contribution in [3.63, 3.8) is 0 Å². The summed E-state index contributed by atoms with van der Waals surface area (Å²) >= 11 is 1.12. The third-order valence-corrected chi connectivity index (χ3v) is 3.55. The molecular formula is C13H17NO3S. The van der Waals surface area contributed by atoms with Gasteiger partial charge in [0.25, 0.3) is 0 Å². The molecule has 0 spiro atoms. The number of aryl methyl sites for hydroxylation is 1. The van der Waals surface area contributed by atoms with Crippen molar-refractivity contribution in [1.82, 2.24) is 5.32 Å². The molecule has 0 aromatic heterocycles. The number of nitrogens with one attached hydrogen (secondary N) is 1. The number of carbonyl (C=O) groups excluding carboxylic acids is 1. The van der Waals surface area contributed by atoms with Gasteiger partial charge in [-0.3, -0.25) is 9.59 Å². The van der Waals surface area contributed by atoms with Crippen LogP contribution in [0.4, 0.5) is 0 Å². The summed E-state index contributed by atoms with van der Waals surface area (Å²) in [6.45, 7) is 4.05. The molecule has 1 aromatic rings. The number of thioether (sulfide) groups is 1. The summed E-state index contributed by atoms with van der Waals surface area (Å²) in [4.78, 5) is 22.1. The van der Waals surface area contributed by atoms with Gasteiger partial charge in [0.15, 0.2) is 0 Å². The average Bonchev–Trinajstić information content (AvgIpc) is 2.35. The van der Waals surface area contributed by atoms with Crippen molar-refractivity contribution in [2.75, 3.05) is 5.75 Å². The SMILES string of the molecule is Cc1ccc(CNC(=O)CSC(C)C(=O)O)cc1. The van der Waals surface area contributed by atoms with E-state index in [-0.39, 0.29) is 11.7 Å². The van der Waals surface area contributed by atoms with E-state index in [9.17, 15) is 9.59 Å². The Hall–Kier alpha value is -1.49. The molecule has 0 heterocycles. The average molecular weight is 267 g/mol. The lowest BCUT2D eigenvalue weighted by Gasteiger charge is -2.07. The van der Waals surface area contributed by atoms with Crippen LogP contribution in [0.3, 0.4) is 0 Å². The molecule has 0 fully saturated rings. The highest BCUT2D eigenvalue weighted by atomic mass is 32.2. The van der Waals surface area contributed by atoms with Gasteiger partial charge in [0.2, 0.25) is 5.91 Å². The van der Waals surface area contributed by atoms with Crippen LogP contribution in [0.2, 0.25) is 0 Å². The molecule has 0 saturated heterocycles. The molecule has 1 rings (SSSR count). The third kappa shape index (κ3) is 5.23. The second-order valence-corrected chi connectivity index (χ2v) is 5.38. The Morgan fingerprint density at radius 3 is 2.50 bits per heavy atom. The minimum absolute atomic E-state index is 0.145. The number of carboxylic acids is 1. The van der Waals surface area contributed by atoms with E-state index < -0.39 is 11.2 Å². The Kier molecular flexibility index (Phi) is 5.71. The van der Waals surface area contributed by atoms with Crippen LogP contribution in [-0.2, 0) is 16.1 Å². The Morgan fingerprint density at radius 1 is 1.33 bits per heavy atom. The summed E-state index contributed by atoms with van der Waals surface area (Å²) in [7, 11) is 0. The number of carbonyl (C=O) groups is 2. The van der Waals surface area contributed by atoms with E-state index in [1.807, 2.05) is 31.2 Å². The first-order valence-corrected chi connectivity index (χ1v) is 6.70. The predicted octanol–water partition coefficient (Wildman–Crippen LogP) is 1.82. The van der Waals surface area contributed by atoms with Gasteiger partial charge in [-0.2, -0.15) is 0 Å². The maximum atomic E-state index is 11.5. The van der Waals surface area contributed by atoms with E-state index in [2.05, 4.69) is 5.32 Å². The number of amides is 1. The maximum absolute atomic E-state index is 11.5. The zero-order valence-corrected chi connectivity index (χ0v) is 11.3. The van der Waals surface area contributed by atoms with Gasteiger partial charge >= 0.3 is 5.97 Å². The topological polar surface area (TPSA) is 66.4 Å². The number of hydrogen-bond donors (Lipinski definition) is 2. The van der Waals surface area contributed by atoms with E-state index in [0.29, 0.717) is 6.54 Å². The van der Waals surface area contributed by atoms with Crippen molar-refractivity contribution in [1.29, 1.82) is 0 Å². The summed E-state index contributed by atoms with van der Waals surface area (Å²) in [6, 6.07) is 7.90. The Bertz CT molecular complexity index is 417. The van der Waals surface area contributed by atoms with Crippen LogP contribution in [-0.4, -0.2) is 28.0 Å². The molecule has 0 saturated carbocycles. The van der Waals surface area contributed by atoms with Crippen molar-refractivity contribution >= 4 is 23.6 Å². The monoisotopic (exact) mass is 267 g/mol. The Morgan fingerprint density at radius 2 is 1.94 bits per heavy atom. The number of hydrogen-bond acceptors (Lipinski definition) is 3. The van der Waals surface area contributed by atoms with Crippen LogP contribution in [0.1, 0.15) is 18.1 Å². The largest absolute Gasteiger partial charge is 0.480 e. The van der Waals surface area contributed by atoms with Crippen molar-refractivity contribution in [2.45, 2.75) is 25.6 Å². The lowest BCUT2D eigenvalue weighted by atomic mass is 10.1. The minimum atomic E-state index is -0.897. The van der Waals surface area contributed by atoms with Gasteiger partial charge in [0.1, 0.15) is 0 Å². The highest BCUT2D eigenvalue weighted by Gasteiger charge is 2.13. The molecular weight excluding hydrogens is 250 g/mol. The van der Waals surface area contributed by atoms with Crippen molar-refractivity contribution < 1.29 is 14.7 Å². The molecule has 0 aliphatic rings. The number of rotatable bonds is 6. The molecule has 98 valence electrons. The molecule has 1 amide bonds. The van der Waals surface area contributed by atoms with Crippen LogP contribution in [0, 0.1) is 6.92 Å². The smallest absolute Gasteiger partial charge is 0.316 e. The quantitative estimate of drug-likeness (QED) is 0.825. The second-order valence-electron chi connectivity index (χ2n) is 4.05. The summed E-state index contributed by atoms with van der Waals surface area (Å²) in [6.07, 6.45) is 0. The number of carboxylic acid groups (broad SMARTS) is 1. The van der Waals surface area contributed by atoms with Crippen molar-refractivity contribution in [3.8, 4) is 0 Å². The molecule has 5 heteroatoms. The molecule has 18 heavy (non-hydrogen) atoms. The molecule has 1 atom stereocenters. The normalized spacial score (nSPS) is 11.9. The van der Waals surface area contributed by atoms with Crippen LogP contribution in [0.5, 0.6) is 0 Å². The lowest BCUT2D eigenvalue weighted by molar-refractivity contribution is -0.136. The molecule has 4 nitrogen and oxygen atoms in total. The van der Waals surface area contributed by atoms with Crippen LogP contribution in [0.25, 0.3) is 0 Å². The molecule has 0 aliphatic heterocycles. The molecule has 0 bridgehead atoms. The van der Waals surface area contributed by atoms with Gasteiger partial charge in [0.05, 0.1) is 11.0 Å². The first-order valence-electron chi connectivity index (χ1n) is 5.65. The molecule has 0 radical (unpaired) electrons. The van der Waals surface area contributed by atoms with Gasteiger partial charge in [-0.05, 0) is 19.4 Å². The number of aliphatic carboxylic acids is 1. The second kappa shape index (κ2) is 7.06. The van der Waals surface area contributed by atoms with E-state index in [4.69, 9.17) is 5.11 Å². The fourth-order valence-corrected chi connectivity index (χ4v) is 1.88. The predicted molar refractivity (Wildman–Crippen MR) is 72.6 cm³/mol. The highest BCUT2D eigenvalue weighted by Crippen LogP contribution is 2.09. The zero-order valence-electron chi connectivity index (χ0n) is 10.5. The number of benzene rings is 1. The first kappa shape index (κ1) is 14.6. The molecule has 2 N–H and O–H groups in total. The van der Waals surface area contributed by atoms with Crippen LogP contribution in [0.15, 0.2) is 24.3 Å². The first-order chi connectivity index (χ1) is 8.49. The Labute approximate surface area is 111 Å². The summed E-state index contributed by atoms with van der Waals surface area (Å²) in [5, 5.41) is 10.9. The van der Waals surface area contributed by atoms with E-state index >= 15 is 0 Å². The fourth-order valence-electron chi connectivity index (χ4n) is 1.23. The van der Waals surface area contributed by atoms with Crippen LogP contribution >= 0.6 is 11.8 Å². The molecule has 0 aliphatic carbocycles. The highest BCUT2D eigenvalue weighted by molar-refractivity contribution is 8.01. The van der Waals surface area contributed by atoms with E-state index in [0.717, 1.165) is 17.3 Å². The van der Waals surface area contributed by atoms with Gasteiger partial charge < -0.3 is 10.4 Å². The molecule has 1 unspecified atom stereocenters. The lowest BCUT2D eigenvalue weighted by Crippen LogP contribution is -2.26. The van der Waals surface area contributed by atoms with E-state index in [1.165, 1.54) is 5.56 Å². The van der Waals surface area contributed by atoms with Gasteiger partial charge in [-0.1, -0.05) is 29.8 Å². The molecule has 1 aromatic carbocycles. The van der Waals surface area contributed by atoms with Gasteiger partial charge in [-0.15, -0.1) is 11.8 Å². The Balaban J connectivity index is 2.29. The van der Waals surface area contributed by atoms with Gasteiger partial charge in [0, 0.05) is 6.54 Å². The van der Waals surface area contributed by atoms with Crippen molar-refractivity contribution in [2.24, 2.45) is 0 Å². The van der Waals surface area contributed by atoms with E-state index in [1.54, 1.807) is 6.92 Å². The van der Waals surface area contributed by atoms with Crippen LogP contribution < -0.4 is 5.32 Å².